The molecule has 0 spiro atoms. The fourth-order valence-corrected chi connectivity index (χ4v) is 2.42. The lowest BCUT2D eigenvalue weighted by molar-refractivity contribution is 0.910. The van der Waals surface area contributed by atoms with Crippen LogP contribution in [0.1, 0.15) is 5.56 Å². The lowest BCUT2D eigenvalue weighted by Gasteiger charge is -2.07. The van der Waals surface area contributed by atoms with E-state index in [0.29, 0.717) is 10.9 Å². The standard InChI is InChI=1S/C14H10Cl2N2/c15-8-10-5-6-14(12(16)7-10)18-13-4-2-1-3-11(13)9-17-18/h1-7,9H,8H2. The van der Waals surface area contributed by atoms with Crippen molar-refractivity contribution in [3.8, 4) is 5.69 Å². The average molecular weight is 277 g/mol. The summed E-state index contributed by atoms with van der Waals surface area (Å²) < 4.78 is 1.84. The number of fused-ring (bicyclic) bond motifs is 1. The zero-order valence-electron chi connectivity index (χ0n) is 9.48. The van der Waals surface area contributed by atoms with Gasteiger partial charge in [0.1, 0.15) is 0 Å². The Labute approximate surface area is 115 Å². The molecule has 0 aliphatic rings. The van der Waals surface area contributed by atoms with Gasteiger partial charge in [-0.25, -0.2) is 4.68 Å². The molecular weight excluding hydrogens is 267 g/mol. The van der Waals surface area contributed by atoms with E-state index in [0.717, 1.165) is 22.2 Å². The zero-order valence-corrected chi connectivity index (χ0v) is 11.0. The van der Waals surface area contributed by atoms with Crippen LogP contribution in [0, 0.1) is 0 Å². The predicted molar refractivity (Wildman–Crippen MR) is 75.6 cm³/mol. The average Bonchev–Trinajstić information content (AvgIpc) is 2.82. The highest BCUT2D eigenvalue weighted by Gasteiger charge is 2.08. The van der Waals surface area contributed by atoms with Crippen molar-refractivity contribution in [2.45, 2.75) is 5.88 Å². The van der Waals surface area contributed by atoms with E-state index < -0.39 is 0 Å². The first-order valence-corrected chi connectivity index (χ1v) is 6.48. The third-order valence-electron chi connectivity index (χ3n) is 2.87. The van der Waals surface area contributed by atoms with Crippen LogP contribution < -0.4 is 0 Å². The summed E-state index contributed by atoms with van der Waals surface area (Å²) in [7, 11) is 0. The van der Waals surface area contributed by atoms with Crippen LogP contribution in [-0.2, 0) is 5.88 Å². The summed E-state index contributed by atoms with van der Waals surface area (Å²) in [4.78, 5) is 0. The Morgan fingerprint density at radius 1 is 1.11 bits per heavy atom. The van der Waals surface area contributed by atoms with Gasteiger partial charge in [-0.2, -0.15) is 5.10 Å². The minimum absolute atomic E-state index is 0.458. The number of hydrogen-bond acceptors (Lipinski definition) is 1. The van der Waals surface area contributed by atoms with E-state index in [2.05, 4.69) is 5.10 Å². The number of halogens is 2. The Bertz CT molecular complexity index is 704. The summed E-state index contributed by atoms with van der Waals surface area (Å²) in [6, 6.07) is 13.8. The molecule has 90 valence electrons. The Kier molecular flexibility index (Phi) is 2.98. The number of rotatable bonds is 2. The maximum atomic E-state index is 6.28. The smallest absolute Gasteiger partial charge is 0.0839 e. The summed E-state index contributed by atoms with van der Waals surface area (Å²) in [5.41, 5.74) is 2.91. The molecule has 2 nitrogen and oxygen atoms in total. The van der Waals surface area contributed by atoms with Crippen LogP contribution in [0.25, 0.3) is 16.6 Å². The Morgan fingerprint density at radius 2 is 1.94 bits per heavy atom. The van der Waals surface area contributed by atoms with Crippen LogP contribution in [0.5, 0.6) is 0 Å². The van der Waals surface area contributed by atoms with E-state index in [-0.39, 0.29) is 0 Å². The molecule has 0 radical (unpaired) electrons. The topological polar surface area (TPSA) is 17.8 Å². The normalized spacial score (nSPS) is 11.0. The molecule has 0 unspecified atom stereocenters. The largest absolute Gasteiger partial charge is 0.232 e. The van der Waals surface area contributed by atoms with Crippen LogP contribution in [-0.4, -0.2) is 9.78 Å². The van der Waals surface area contributed by atoms with Gasteiger partial charge in [0.05, 0.1) is 22.4 Å². The molecule has 0 atom stereocenters. The van der Waals surface area contributed by atoms with Crippen LogP contribution in [0.15, 0.2) is 48.7 Å². The Morgan fingerprint density at radius 3 is 2.72 bits per heavy atom. The minimum atomic E-state index is 0.458. The highest BCUT2D eigenvalue weighted by Crippen LogP contribution is 2.25. The molecule has 1 aromatic heterocycles. The molecule has 2 aromatic carbocycles. The maximum Gasteiger partial charge on any atom is 0.0839 e. The lowest BCUT2D eigenvalue weighted by atomic mass is 10.2. The second-order valence-corrected chi connectivity index (χ2v) is 4.71. The third-order valence-corrected chi connectivity index (χ3v) is 3.48. The molecule has 0 saturated heterocycles. The number of hydrogen-bond donors (Lipinski definition) is 0. The van der Waals surface area contributed by atoms with Gasteiger partial charge < -0.3 is 0 Å². The van der Waals surface area contributed by atoms with E-state index in [4.69, 9.17) is 23.2 Å². The van der Waals surface area contributed by atoms with Gasteiger partial charge in [0.2, 0.25) is 0 Å². The van der Waals surface area contributed by atoms with Crippen LogP contribution >= 0.6 is 23.2 Å². The Balaban J connectivity index is 2.20. The second-order valence-electron chi connectivity index (χ2n) is 4.03. The fraction of sp³-hybridized carbons (Fsp3) is 0.0714. The summed E-state index contributed by atoms with van der Waals surface area (Å²) in [5, 5.41) is 6.13. The molecule has 0 bridgehead atoms. The second kappa shape index (κ2) is 4.63. The number of nitrogens with zero attached hydrogens (tertiary/aromatic N) is 2. The van der Waals surface area contributed by atoms with Crippen molar-refractivity contribution in [1.29, 1.82) is 0 Å². The quantitative estimate of drug-likeness (QED) is 0.634. The first-order valence-electron chi connectivity index (χ1n) is 5.57. The van der Waals surface area contributed by atoms with Gasteiger partial charge in [0.25, 0.3) is 0 Å². The highest BCUT2D eigenvalue weighted by molar-refractivity contribution is 6.32. The van der Waals surface area contributed by atoms with E-state index in [1.165, 1.54) is 0 Å². The highest BCUT2D eigenvalue weighted by atomic mass is 35.5. The predicted octanol–water partition coefficient (Wildman–Crippen LogP) is 4.42. The Hall–Kier alpha value is -1.51. The number of aromatic nitrogens is 2. The summed E-state index contributed by atoms with van der Waals surface area (Å²) >= 11 is 12.1. The van der Waals surface area contributed by atoms with Crippen LogP contribution in [0.3, 0.4) is 0 Å². The van der Waals surface area contributed by atoms with Gasteiger partial charge in [-0.3, -0.25) is 0 Å². The van der Waals surface area contributed by atoms with Gasteiger partial charge in [0, 0.05) is 11.3 Å². The van der Waals surface area contributed by atoms with E-state index >= 15 is 0 Å². The molecule has 0 aliphatic carbocycles. The summed E-state index contributed by atoms with van der Waals surface area (Å²) in [6.07, 6.45) is 1.83. The number of benzene rings is 2. The van der Waals surface area contributed by atoms with Crippen molar-refractivity contribution >= 4 is 34.1 Å². The molecule has 1 heterocycles. The van der Waals surface area contributed by atoms with Crippen molar-refractivity contribution in [2.75, 3.05) is 0 Å². The molecule has 0 saturated carbocycles. The van der Waals surface area contributed by atoms with Crippen molar-refractivity contribution < 1.29 is 0 Å². The molecule has 0 aliphatic heterocycles. The van der Waals surface area contributed by atoms with Crippen LogP contribution in [0.4, 0.5) is 0 Å². The van der Waals surface area contributed by atoms with Crippen molar-refractivity contribution in [2.24, 2.45) is 0 Å². The molecule has 18 heavy (non-hydrogen) atoms. The molecular formula is C14H10Cl2N2. The van der Waals surface area contributed by atoms with Gasteiger partial charge >= 0.3 is 0 Å². The van der Waals surface area contributed by atoms with Gasteiger partial charge in [-0.05, 0) is 23.8 Å². The fourth-order valence-electron chi connectivity index (χ4n) is 1.97. The lowest BCUT2D eigenvalue weighted by Crippen LogP contribution is -1.97. The molecule has 3 aromatic rings. The van der Waals surface area contributed by atoms with Gasteiger partial charge in [-0.15, -0.1) is 11.6 Å². The number of para-hydroxylation sites is 1. The monoisotopic (exact) mass is 276 g/mol. The van der Waals surface area contributed by atoms with Crippen molar-refractivity contribution in [3.63, 3.8) is 0 Å². The molecule has 3 rings (SSSR count). The SMILES string of the molecule is ClCc1ccc(-n2ncc3ccccc32)c(Cl)c1. The minimum Gasteiger partial charge on any atom is -0.232 e. The van der Waals surface area contributed by atoms with Crippen molar-refractivity contribution in [3.05, 3.63) is 59.2 Å². The first kappa shape index (κ1) is 11.6. The zero-order chi connectivity index (χ0) is 12.5. The summed E-state index contributed by atoms with van der Waals surface area (Å²) in [6.45, 7) is 0. The van der Waals surface area contributed by atoms with E-state index in [1.54, 1.807) is 0 Å². The van der Waals surface area contributed by atoms with Crippen molar-refractivity contribution in [1.82, 2.24) is 9.78 Å². The number of alkyl halides is 1. The van der Waals surface area contributed by atoms with E-state index in [9.17, 15) is 0 Å². The third kappa shape index (κ3) is 1.88. The molecule has 0 fully saturated rings. The molecule has 0 amide bonds. The van der Waals surface area contributed by atoms with Gasteiger partial charge in [-0.1, -0.05) is 35.9 Å². The summed E-state index contributed by atoms with van der Waals surface area (Å²) in [5.74, 6) is 0.458. The first-order chi connectivity index (χ1) is 8.79. The van der Waals surface area contributed by atoms with Gasteiger partial charge in [0.15, 0.2) is 0 Å². The van der Waals surface area contributed by atoms with E-state index in [1.807, 2.05) is 53.3 Å². The van der Waals surface area contributed by atoms with Crippen LogP contribution in [0.2, 0.25) is 5.02 Å². The molecule has 0 N–H and O–H groups in total. The molecule has 4 heteroatoms. The maximum absolute atomic E-state index is 6.28.